The van der Waals surface area contributed by atoms with Crippen LogP contribution in [0.1, 0.15) is 48.6 Å². The van der Waals surface area contributed by atoms with Gasteiger partial charge in [0.05, 0.1) is 0 Å². The summed E-state index contributed by atoms with van der Waals surface area (Å²) in [4.78, 5) is 17.2. The van der Waals surface area contributed by atoms with Gasteiger partial charge in [0.2, 0.25) is 5.91 Å². The van der Waals surface area contributed by atoms with Gasteiger partial charge < -0.3 is 5.32 Å². The Morgan fingerprint density at radius 1 is 1.33 bits per heavy atom. The number of nitrogens with one attached hydrogen (secondary N) is 1. The average Bonchev–Trinajstić information content (AvgIpc) is 3.23. The molecule has 110 valence electrons. The quantitative estimate of drug-likeness (QED) is 0.899. The second-order valence-electron chi connectivity index (χ2n) is 5.97. The van der Waals surface area contributed by atoms with E-state index in [0.717, 1.165) is 24.4 Å². The maximum Gasteiger partial charge on any atom is 0.229 e. The van der Waals surface area contributed by atoms with Crippen molar-refractivity contribution in [2.75, 3.05) is 5.32 Å². The number of benzene rings is 1. The fraction of sp³-hybridized carbons (Fsp3) is 0.412. The monoisotopic (exact) mass is 300 g/mol. The van der Waals surface area contributed by atoms with E-state index < -0.39 is 0 Å². The Bertz CT molecular complexity index is 626. The van der Waals surface area contributed by atoms with E-state index in [1.165, 1.54) is 16.0 Å². The van der Waals surface area contributed by atoms with Crippen molar-refractivity contribution >= 4 is 22.4 Å². The molecule has 1 aliphatic rings. The third-order valence-corrected chi connectivity index (χ3v) is 4.67. The molecule has 1 fully saturated rings. The van der Waals surface area contributed by atoms with E-state index in [2.05, 4.69) is 48.4 Å². The van der Waals surface area contributed by atoms with Crippen molar-refractivity contribution in [2.45, 2.75) is 39.0 Å². The van der Waals surface area contributed by atoms with Crippen molar-refractivity contribution in [1.82, 2.24) is 4.98 Å². The van der Waals surface area contributed by atoms with Crippen LogP contribution in [0.15, 0.2) is 30.5 Å². The third kappa shape index (κ3) is 3.70. The Morgan fingerprint density at radius 3 is 2.67 bits per heavy atom. The molecule has 1 aromatic heterocycles. The second kappa shape index (κ2) is 5.98. The summed E-state index contributed by atoms with van der Waals surface area (Å²) >= 11 is 1.57. The minimum absolute atomic E-state index is 0.122. The highest BCUT2D eigenvalue weighted by atomic mass is 32.1. The first-order valence-corrected chi connectivity index (χ1v) is 8.28. The molecule has 1 aliphatic carbocycles. The molecule has 21 heavy (non-hydrogen) atoms. The van der Waals surface area contributed by atoms with E-state index in [4.69, 9.17) is 0 Å². The standard InChI is InChI=1S/C17H20N2OS/c1-11(2)13-5-3-12(4-6-13)9-15-10-18-17(21-15)19-16(20)14-7-8-14/h3-6,10-11,14H,7-9H2,1-2H3,(H,18,19,20). The van der Waals surface area contributed by atoms with Crippen LogP contribution in [0.4, 0.5) is 5.13 Å². The van der Waals surface area contributed by atoms with Crippen molar-refractivity contribution in [2.24, 2.45) is 5.92 Å². The predicted octanol–water partition coefficient (Wildman–Crippen LogP) is 4.21. The molecule has 4 heteroatoms. The van der Waals surface area contributed by atoms with E-state index in [0.29, 0.717) is 5.92 Å². The molecular weight excluding hydrogens is 280 g/mol. The van der Waals surface area contributed by atoms with E-state index >= 15 is 0 Å². The molecule has 0 atom stereocenters. The predicted molar refractivity (Wildman–Crippen MR) is 86.8 cm³/mol. The molecule has 1 amide bonds. The highest BCUT2D eigenvalue weighted by molar-refractivity contribution is 7.15. The summed E-state index contributed by atoms with van der Waals surface area (Å²) in [5.74, 6) is 0.907. The van der Waals surface area contributed by atoms with Crippen molar-refractivity contribution in [3.63, 3.8) is 0 Å². The van der Waals surface area contributed by atoms with Gasteiger partial charge in [0.25, 0.3) is 0 Å². The Morgan fingerprint density at radius 2 is 2.05 bits per heavy atom. The lowest BCUT2D eigenvalue weighted by molar-refractivity contribution is -0.117. The van der Waals surface area contributed by atoms with Gasteiger partial charge in [0.15, 0.2) is 5.13 Å². The number of thiazole rings is 1. The molecule has 3 nitrogen and oxygen atoms in total. The van der Waals surface area contributed by atoms with Gasteiger partial charge in [-0.05, 0) is 29.9 Å². The largest absolute Gasteiger partial charge is 0.302 e. The summed E-state index contributed by atoms with van der Waals surface area (Å²) in [6.07, 6.45) is 4.78. The van der Waals surface area contributed by atoms with Gasteiger partial charge in [-0.2, -0.15) is 0 Å². The maximum atomic E-state index is 11.7. The topological polar surface area (TPSA) is 42.0 Å². The van der Waals surface area contributed by atoms with Gasteiger partial charge in [-0.1, -0.05) is 38.1 Å². The SMILES string of the molecule is CC(C)c1ccc(Cc2cnc(NC(=O)C3CC3)s2)cc1. The third-order valence-electron chi connectivity index (χ3n) is 3.76. The smallest absolute Gasteiger partial charge is 0.229 e. The molecule has 0 bridgehead atoms. The zero-order chi connectivity index (χ0) is 14.8. The molecule has 1 saturated carbocycles. The fourth-order valence-electron chi connectivity index (χ4n) is 2.22. The number of rotatable bonds is 5. The number of hydrogen-bond acceptors (Lipinski definition) is 3. The average molecular weight is 300 g/mol. The molecule has 0 radical (unpaired) electrons. The number of anilines is 1. The highest BCUT2D eigenvalue weighted by Crippen LogP contribution is 2.31. The molecule has 0 spiro atoms. The Balaban J connectivity index is 1.62. The van der Waals surface area contributed by atoms with Crippen molar-refractivity contribution < 1.29 is 4.79 Å². The van der Waals surface area contributed by atoms with Crippen molar-refractivity contribution in [1.29, 1.82) is 0 Å². The summed E-state index contributed by atoms with van der Waals surface area (Å²) < 4.78 is 0. The Labute approximate surface area is 129 Å². The Hall–Kier alpha value is -1.68. The van der Waals surface area contributed by atoms with Crippen LogP contribution < -0.4 is 5.32 Å². The van der Waals surface area contributed by atoms with Gasteiger partial charge >= 0.3 is 0 Å². The molecular formula is C17H20N2OS. The molecule has 1 heterocycles. The number of aromatic nitrogens is 1. The minimum atomic E-state index is 0.122. The van der Waals surface area contributed by atoms with Gasteiger partial charge in [-0.15, -0.1) is 11.3 Å². The van der Waals surface area contributed by atoms with Gasteiger partial charge in [0, 0.05) is 23.4 Å². The second-order valence-corrected chi connectivity index (χ2v) is 7.08. The minimum Gasteiger partial charge on any atom is -0.302 e. The van der Waals surface area contributed by atoms with E-state index in [9.17, 15) is 4.79 Å². The lowest BCUT2D eigenvalue weighted by atomic mass is 10.0. The normalized spacial score (nSPS) is 14.4. The first-order valence-electron chi connectivity index (χ1n) is 7.46. The highest BCUT2D eigenvalue weighted by Gasteiger charge is 2.30. The molecule has 3 rings (SSSR count). The zero-order valence-corrected chi connectivity index (χ0v) is 13.2. The number of carbonyl (C=O) groups excluding carboxylic acids is 1. The van der Waals surface area contributed by atoms with Crippen molar-refractivity contribution in [3.05, 3.63) is 46.5 Å². The van der Waals surface area contributed by atoms with Crippen LogP contribution >= 0.6 is 11.3 Å². The first-order chi connectivity index (χ1) is 10.1. The van der Waals surface area contributed by atoms with Crippen LogP contribution in [0.5, 0.6) is 0 Å². The summed E-state index contributed by atoms with van der Waals surface area (Å²) in [6, 6.07) is 8.74. The lowest BCUT2D eigenvalue weighted by Gasteiger charge is -2.06. The molecule has 1 N–H and O–H groups in total. The zero-order valence-electron chi connectivity index (χ0n) is 12.4. The van der Waals surface area contributed by atoms with Gasteiger partial charge in [-0.3, -0.25) is 4.79 Å². The number of hydrogen-bond donors (Lipinski definition) is 1. The molecule has 2 aromatic rings. The van der Waals surface area contributed by atoms with Gasteiger partial charge in [0.1, 0.15) is 0 Å². The van der Waals surface area contributed by atoms with Crippen LogP contribution in [-0.2, 0) is 11.2 Å². The summed E-state index contributed by atoms with van der Waals surface area (Å²) in [7, 11) is 0. The van der Waals surface area contributed by atoms with Crippen molar-refractivity contribution in [3.8, 4) is 0 Å². The van der Waals surface area contributed by atoms with E-state index in [1.807, 2.05) is 6.20 Å². The number of nitrogens with zero attached hydrogens (tertiary/aromatic N) is 1. The number of amides is 1. The van der Waals surface area contributed by atoms with Gasteiger partial charge in [-0.25, -0.2) is 4.98 Å². The van der Waals surface area contributed by atoms with Crippen LogP contribution in [-0.4, -0.2) is 10.9 Å². The fourth-order valence-corrected chi connectivity index (χ4v) is 3.07. The summed E-state index contributed by atoms with van der Waals surface area (Å²) in [5.41, 5.74) is 2.64. The van der Waals surface area contributed by atoms with Crippen LogP contribution in [0.25, 0.3) is 0 Å². The Kier molecular flexibility index (Phi) is 4.06. The molecule has 1 aromatic carbocycles. The molecule has 0 unspecified atom stereocenters. The van der Waals surface area contributed by atoms with Crippen LogP contribution in [0, 0.1) is 5.92 Å². The summed E-state index contributed by atoms with van der Waals surface area (Å²) in [6.45, 7) is 4.40. The molecule has 0 aliphatic heterocycles. The van der Waals surface area contributed by atoms with E-state index in [-0.39, 0.29) is 11.8 Å². The first kappa shape index (κ1) is 14.3. The van der Waals surface area contributed by atoms with Crippen LogP contribution in [0.3, 0.4) is 0 Å². The van der Waals surface area contributed by atoms with E-state index in [1.54, 1.807) is 11.3 Å². The lowest BCUT2D eigenvalue weighted by Crippen LogP contribution is -2.12. The molecule has 0 saturated heterocycles. The number of carbonyl (C=O) groups is 1. The van der Waals surface area contributed by atoms with Crippen LogP contribution in [0.2, 0.25) is 0 Å². The summed E-state index contributed by atoms with van der Waals surface area (Å²) in [5, 5.41) is 3.63. The maximum absolute atomic E-state index is 11.7.